The van der Waals surface area contributed by atoms with E-state index in [1.54, 1.807) is 0 Å². The molecule has 0 bridgehead atoms. The van der Waals surface area contributed by atoms with Crippen molar-refractivity contribution in [2.45, 2.75) is 12.2 Å². The molecule has 5 nitrogen and oxygen atoms in total. The van der Waals surface area contributed by atoms with Gasteiger partial charge in [-0.3, -0.25) is 0 Å². The van der Waals surface area contributed by atoms with Crippen molar-refractivity contribution in [3.8, 4) is 0 Å². The summed E-state index contributed by atoms with van der Waals surface area (Å²) in [5, 5.41) is 8.70. The molecule has 1 aliphatic rings. The fourth-order valence-electron chi connectivity index (χ4n) is 0.972. The molecule has 3 N–H and O–H groups in total. The van der Waals surface area contributed by atoms with Crippen molar-refractivity contribution in [1.29, 1.82) is 0 Å². The maximum absolute atomic E-state index is 8.70. The molecule has 2 unspecified atom stereocenters. The summed E-state index contributed by atoms with van der Waals surface area (Å²) in [5.74, 6) is 4.85. The zero-order valence-electron chi connectivity index (χ0n) is 6.23. The second-order valence-corrected chi connectivity index (χ2v) is 2.43. The Hall–Kier alpha value is -0.200. The van der Waals surface area contributed by atoms with E-state index >= 15 is 0 Å². The molecule has 0 aromatic heterocycles. The third-order valence-electron chi connectivity index (χ3n) is 1.48. The molecule has 0 amide bonds. The van der Waals surface area contributed by atoms with Gasteiger partial charge in [-0.2, -0.15) is 0 Å². The first-order chi connectivity index (χ1) is 5.36. The van der Waals surface area contributed by atoms with Crippen molar-refractivity contribution < 1.29 is 19.4 Å². The van der Waals surface area contributed by atoms with Gasteiger partial charge in [0.25, 0.3) is 0 Å². The predicted octanol–water partition coefficient (Wildman–Crippen LogP) is -1.35. The molecule has 0 aromatic carbocycles. The van der Waals surface area contributed by atoms with E-state index in [2.05, 4.69) is 4.84 Å². The van der Waals surface area contributed by atoms with Crippen LogP contribution in [0.15, 0.2) is 0 Å². The predicted molar refractivity (Wildman–Crippen MR) is 36.7 cm³/mol. The summed E-state index contributed by atoms with van der Waals surface area (Å²) in [5.41, 5.74) is 0. The molecule has 1 heterocycles. The average Bonchev–Trinajstić information content (AvgIpc) is 2.06. The summed E-state index contributed by atoms with van der Waals surface area (Å²) in [7, 11) is 0. The zero-order chi connectivity index (χ0) is 8.10. The van der Waals surface area contributed by atoms with Crippen LogP contribution in [-0.4, -0.2) is 43.7 Å². The van der Waals surface area contributed by atoms with Crippen LogP contribution in [0.1, 0.15) is 0 Å². The lowest BCUT2D eigenvalue weighted by atomic mass is 10.3. The Morgan fingerprint density at radius 3 is 2.82 bits per heavy atom. The number of nitrogens with two attached hydrogens (primary N) is 1. The minimum absolute atomic E-state index is 0.0267. The Labute approximate surface area is 65.0 Å². The van der Waals surface area contributed by atoms with E-state index in [1.807, 2.05) is 0 Å². The minimum atomic E-state index is -0.233. The molecule has 1 aliphatic heterocycles. The third-order valence-corrected chi connectivity index (χ3v) is 1.48. The molecule has 1 fully saturated rings. The molecule has 2 atom stereocenters. The van der Waals surface area contributed by atoms with Crippen molar-refractivity contribution in [2.75, 3.05) is 26.4 Å². The molecule has 5 heteroatoms. The molecule has 11 heavy (non-hydrogen) atoms. The maximum Gasteiger partial charge on any atom is 0.107 e. The normalized spacial score (nSPS) is 32.2. The van der Waals surface area contributed by atoms with Crippen LogP contribution < -0.4 is 5.90 Å². The topological polar surface area (TPSA) is 73.9 Å². The molecule has 0 radical (unpaired) electrons. The van der Waals surface area contributed by atoms with Crippen molar-refractivity contribution in [3.05, 3.63) is 0 Å². The summed E-state index contributed by atoms with van der Waals surface area (Å²) in [6, 6.07) is 0. The van der Waals surface area contributed by atoms with Crippen molar-refractivity contribution in [2.24, 2.45) is 5.90 Å². The van der Waals surface area contributed by atoms with Gasteiger partial charge in [0.2, 0.25) is 0 Å². The highest BCUT2D eigenvalue weighted by Gasteiger charge is 2.21. The zero-order valence-corrected chi connectivity index (χ0v) is 6.23. The Morgan fingerprint density at radius 2 is 2.18 bits per heavy atom. The van der Waals surface area contributed by atoms with Crippen molar-refractivity contribution in [3.63, 3.8) is 0 Å². The quantitative estimate of drug-likeness (QED) is 0.503. The molecular formula is C6H13NO4. The number of hydrogen-bond donors (Lipinski definition) is 2. The Balaban J connectivity index is 2.21. The van der Waals surface area contributed by atoms with E-state index in [0.717, 1.165) is 0 Å². The SMILES string of the molecule is NOCC1COCC(CO)O1. The molecule has 0 aliphatic carbocycles. The molecule has 66 valence electrons. The van der Waals surface area contributed by atoms with E-state index in [4.69, 9.17) is 20.5 Å². The van der Waals surface area contributed by atoms with Gasteiger partial charge < -0.3 is 19.4 Å². The Morgan fingerprint density at radius 1 is 1.45 bits per heavy atom. The van der Waals surface area contributed by atoms with Gasteiger partial charge in [-0.25, -0.2) is 5.90 Å². The fourth-order valence-corrected chi connectivity index (χ4v) is 0.972. The van der Waals surface area contributed by atoms with Gasteiger partial charge in [-0.15, -0.1) is 0 Å². The highest BCUT2D eigenvalue weighted by atomic mass is 16.6. The number of aliphatic hydroxyl groups is 1. The first kappa shape index (κ1) is 8.89. The summed E-state index contributed by atoms with van der Waals surface area (Å²) in [4.78, 5) is 4.39. The lowest BCUT2D eigenvalue weighted by Crippen LogP contribution is -2.41. The fraction of sp³-hybridized carbons (Fsp3) is 1.00. The third kappa shape index (κ3) is 2.72. The first-order valence-corrected chi connectivity index (χ1v) is 3.52. The van der Waals surface area contributed by atoms with Gasteiger partial charge in [-0.05, 0) is 0 Å². The van der Waals surface area contributed by atoms with Gasteiger partial charge in [0.1, 0.15) is 12.2 Å². The van der Waals surface area contributed by atoms with Crippen LogP contribution in [0.3, 0.4) is 0 Å². The summed E-state index contributed by atoms with van der Waals surface area (Å²) < 4.78 is 10.4. The molecule has 0 saturated carbocycles. The van der Waals surface area contributed by atoms with E-state index in [-0.39, 0.29) is 18.8 Å². The molecule has 0 aromatic rings. The Bertz CT molecular complexity index is 109. The molecule has 1 saturated heterocycles. The van der Waals surface area contributed by atoms with Gasteiger partial charge in [0.15, 0.2) is 0 Å². The van der Waals surface area contributed by atoms with E-state index < -0.39 is 0 Å². The van der Waals surface area contributed by atoms with Crippen LogP contribution in [0.5, 0.6) is 0 Å². The number of hydrogen-bond acceptors (Lipinski definition) is 5. The first-order valence-electron chi connectivity index (χ1n) is 3.52. The summed E-state index contributed by atoms with van der Waals surface area (Å²) >= 11 is 0. The van der Waals surface area contributed by atoms with Crippen LogP contribution in [-0.2, 0) is 14.3 Å². The molecular weight excluding hydrogens is 150 g/mol. The second kappa shape index (κ2) is 4.63. The summed E-state index contributed by atoms with van der Waals surface area (Å²) in [6.45, 7) is 1.20. The smallest absolute Gasteiger partial charge is 0.107 e. The second-order valence-electron chi connectivity index (χ2n) is 2.43. The number of rotatable bonds is 3. The highest BCUT2D eigenvalue weighted by molar-refractivity contribution is 4.66. The standard InChI is InChI=1S/C6H13NO4/c7-10-4-6-3-9-2-5(1-8)11-6/h5-6,8H,1-4,7H2. The number of ether oxygens (including phenoxy) is 2. The average molecular weight is 163 g/mol. The summed E-state index contributed by atoms with van der Waals surface area (Å²) in [6.07, 6.45) is -0.380. The minimum Gasteiger partial charge on any atom is -0.394 e. The highest BCUT2D eigenvalue weighted by Crippen LogP contribution is 2.06. The largest absolute Gasteiger partial charge is 0.394 e. The lowest BCUT2D eigenvalue weighted by molar-refractivity contribution is -0.168. The van der Waals surface area contributed by atoms with Crippen LogP contribution in [0.2, 0.25) is 0 Å². The van der Waals surface area contributed by atoms with E-state index in [1.165, 1.54) is 0 Å². The van der Waals surface area contributed by atoms with Gasteiger partial charge in [-0.1, -0.05) is 0 Å². The number of aliphatic hydroxyl groups excluding tert-OH is 1. The van der Waals surface area contributed by atoms with Crippen LogP contribution in [0.4, 0.5) is 0 Å². The maximum atomic E-state index is 8.70. The van der Waals surface area contributed by atoms with Crippen LogP contribution in [0.25, 0.3) is 0 Å². The van der Waals surface area contributed by atoms with E-state index in [0.29, 0.717) is 19.8 Å². The molecule has 1 rings (SSSR count). The Kier molecular flexibility index (Phi) is 3.74. The monoisotopic (exact) mass is 163 g/mol. The van der Waals surface area contributed by atoms with E-state index in [9.17, 15) is 0 Å². The lowest BCUT2D eigenvalue weighted by Gasteiger charge is -2.28. The van der Waals surface area contributed by atoms with Gasteiger partial charge in [0, 0.05) is 0 Å². The van der Waals surface area contributed by atoms with Crippen molar-refractivity contribution in [1.82, 2.24) is 0 Å². The molecule has 0 spiro atoms. The van der Waals surface area contributed by atoms with Crippen LogP contribution >= 0.6 is 0 Å². The van der Waals surface area contributed by atoms with Crippen LogP contribution in [0, 0.1) is 0 Å². The van der Waals surface area contributed by atoms with Crippen molar-refractivity contribution >= 4 is 0 Å². The van der Waals surface area contributed by atoms with Gasteiger partial charge in [0.05, 0.1) is 26.4 Å². The van der Waals surface area contributed by atoms with Gasteiger partial charge >= 0.3 is 0 Å².